The minimum Gasteiger partial charge on any atom is -0.493 e. The molecule has 0 saturated heterocycles. The summed E-state index contributed by atoms with van der Waals surface area (Å²) in [5.74, 6) is 0.682. The van der Waals surface area contributed by atoms with E-state index in [1.807, 2.05) is 25.1 Å². The molecular weight excluding hydrogens is 425 g/mol. The van der Waals surface area contributed by atoms with Gasteiger partial charge in [-0.1, -0.05) is 11.2 Å². The van der Waals surface area contributed by atoms with Crippen LogP contribution < -0.4 is 9.47 Å². The third kappa shape index (κ3) is 4.37. The molecule has 0 aliphatic heterocycles. The molecule has 0 fully saturated rings. The van der Waals surface area contributed by atoms with Gasteiger partial charge in [-0.25, -0.2) is 9.37 Å². The number of carbonyl (C=O) groups excluding carboxylic acids is 1. The first-order valence-corrected chi connectivity index (χ1v) is 10.5. The maximum atomic E-state index is 13.7. The molecular formula is C25H24FN3O4. The Labute approximate surface area is 190 Å². The highest BCUT2D eigenvalue weighted by Gasteiger charge is 2.23. The highest BCUT2D eigenvalue weighted by Crippen LogP contribution is 2.30. The Morgan fingerprint density at radius 3 is 2.45 bits per heavy atom. The van der Waals surface area contributed by atoms with E-state index in [4.69, 9.17) is 14.0 Å². The van der Waals surface area contributed by atoms with Crippen LogP contribution in [0.25, 0.3) is 22.4 Å². The van der Waals surface area contributed by atoms with E-state index in [1.54, 1.807) is 44.2 Å². The summed E-state index contributed by atoms with van der Waals surface area (Å²) in [5.41, 5.74) is 3.34. The number of rotatable bonds is 7. The van der Waals surface area contributed by atoms with Crippen LogP contribution in [-0.4, -0.2) is 41.7 Å². The van der Waals surface area contributed by atoms with Crippen molar-refractivity contribution in [1.82, 2.24) is 15.0 Å². The molecule has 8 heteroatoms. The molecule has 7 nitrogen and oxygen atoms in total. The van der Waals surface area contributed by atoms with Crippen molar-refractivity contribution in [3.05, 3.63) is 71.2 Å². The predicted molar refractivity (Wildman–Crippen MR) is 122 cm³/mol. The zero-order valence-corrected chi connectivity index (χ0v) is 18.9. The maximum Gasteiger partial charge on any atom is 0.259 e. The van der Waals surface area contributed by atoms with Gasteiger partial charge in [0.25, 0.3) is 11.6 Å². The normalized spacial score (nSPS) is 10.9. The summed E-state index contributed by atoms with van der Waals surface area (Å²) in [5, 5.41) is 4.57. The minimum atomic E-state index is -0.348. The number of hydrogen-bond donors (Lipinski definition) is 0. The Balaban J connectivity index is 1.74. The van der Waals surface area contributed by atoms with E-state index in [0.29, 0.717) is 52.5 Å². The maximum absolute atomic E-state index is 13.7. The van der Waals surface area contributed by atoms with Crippen LogP contribution in [0.5, 0.6) is 11.5 Å². The number of methoxy groups -OCH3 is 2. The standard InChI is InChI=1S/C25H24FN3O4/c1-5-29(14-16-6-11-21(31-3)22(12-16)32-4)25(30)19-13-20(17-7-9-18(26)10-8-17)27-24-23(19)15(2)28-33-24/h6-13H,5,14H2,1-4H3. The number of benzene rings is 2. The fraction of sp³-hybridized carbons (Fsp3) is 0.240. The molecule has 2 aromatic carbocycles. The van der Waals surface area contributed by atoms with Gasteiger partial charge in [0, 0.05) is 18.7 Å². The Bertz CT molecular complexity index is 1300. The van der Waals surface area contributed by atoms with E-state index in [9.17, 15) is 9.18 Å². The summed E-state index contributed by atoms with van der Waals surface area (Å²) in [6.45, 7) is 4.54. The molecule has 0 bridgehead atoms. The number of pyridine rings is 1. The summed E-state index contributed by atoms with van der Waals surface area (Å²) in [6, 6.07) is 13.2. The average Bonchev–Trinajstić information content (AvgIpc) is 3.22. The third-order valence-electron chi connectivity index (χ3n) is 5.48. The van der Waals surface area contributed by atoms with Crippen LogP contribution in [0.15, 0.2) is 53.1 Å². The van der Waals surface area contributed by atoms with Crippen molar-refractivity contribution in [2.45, 2.75) is 20.4 Å². The van der Waals surface area contributed by atoms with Gasteiger partial charge < -0.3 is 18.9 Å². The van der Waals surface area contributed by atoms with Crippen LogP contribution in [0, 0.1) is 12.7 Å². The minimum absolute atomic E-state index is 0.186. The number of halogens is 1. The van der Waals surface area contributed by atoms with Crippen molar-refractivity contribution < 1.29 is 23.2 Å². The lowest BCUT2D eigenvalue weighted by molar-refractivity contribution is 0.0754. The van der Waals surface area contributed by atoms with E-state index >= 15 is 0 Å². The third-order valence-corrected chi connectivity index (χ3v) is 5.48. The van der Waals surface area contributed by atoms with Gasteiger partial charge in [-0.3, -0.25) is 4.79 Å². The molecule has 0 atom stereocenters. The smallest absolute Gasteiger partial charge is 0.259 e. The fourth-order valence-electron chi connectivity index (χ4n) is 3.73. The van der Waals surface area contributed by atoms with E-state index < -0.39 is 0 Å². The van der Waals surface area contributed by atoms with Gasteiger partial charge in [0.15, 0.2) is 11.5 Å². The number of carbonyl (C=O) groups is 1. The lowest BCUT2D eigenvalue weighted by Gasteiger charge is -2.22. The van der Waals surface area contributed by atoms with Gasteiger partial charge in [0.05, 0.1) is 36.6 Å². The lowest BCUT2D eigenvalue weighted by atomic mass is 10.0. The van der Waals surface area contributed by atoms with E-state index in [2.05, 4.69) is 10.1 Å². The molecule has 0 aliphatic rings. The van der Waals surface area contributed by atoms with E-state index in [1.165, 1.54) is 12.1 Å². The van der Waals surface area contributed by atoms with Gasteiger partial charge >= 0.3 is 0 Å². The zero-order valence-electron chi connectivity index (χ0n) is 18.9. The second-order valence-electron chi connectivity index (χ2n) is 7.52. The second-order valence-corrected chi connectivity index (χ2v) is 7.52. The Morgan fingerprint density at radius 2 is 1.79 bits per heavy atom. The van der Waals surface area contributed by atoms with Crippen molar-refractivity contribution >= 4 is 17.0 Å². The Hall–Kier alpha value is -3.94. The monoisotopic (exact) mass is 449 g/mol. The van der Waals surface area contributed by atoms with Crippen LogP contribution in [0.3, 0.4) is 0 Å². The van der Waals surface area contributed by atoms with Gasteiger partial charge in [-0.15, -0.1) is 0 Å². The van der Waals surface area contributed by atoms with Crippen LogP contribution in [-0.2, 0) is 6.54 Å². The highest BCUT2D eigenvalue weighted by molar-refractivity contribution is 6.07. The molecule has 1 amide bonds. The molecule has 0 radical (unpaired) electrons. The molecule has 0 unspecified atom stereocenters. The predicted octanol–water partition coefficient (Wildman–Crippen LogP) is 5.02. The van der Waals surface area contributed by atoms with Crippen LogP contribution >= 0.6 is 0 Å². The van der Waals surface area contributed by atoms with Crippen LogP contribution in [0.2, 0.25) is 0 Å². The number of aromatic nitrogens is 2. The van der Waals surface area contributed by atoms with Crippen molar-refractivity contribution in [3.63, 3.8) is 0 Å². The lowest BCUT2D eigenvalue weighted by Crippen LogP contribution is -2.30. The van der Waals surface area contributed by atoms with Crippen molar-refractivity contribution in [2.75, 3.05) is 20.8 Å². The molecule has 0 N–H and O–H groups in total. The molecule has 0 aliphatic carbocycles. The summed E-state index contributed by atoms with van der Waals surface area (Å²) in [7, 11) is 3.15. The highest BCUT2D eigenvalue weighted by atomic mass is 19.1. The molecule has 170 valence electrons. The summed E-state index contributed by atoms with van der Waals surface area (Å²) in [4.78, 5) is 19.9. The largest absolute Gasteiger partial charge is 0.493 e. The van der Waals surface area contributed by atoms with Crippen molar-refractivity contribution in [1.29, 1.82) is 0 Å². The van der Waals surface area contributed by atoms with Gasteiger partial charge in [-0.2, -0.15) is 0 Å². The first-order chi connectivity index (χ1) is 15.9. The number of ether oxygens (including phenoxy) is 2. The summed E-state index contributed by atoms with van der Waals surface area (Å²) in [6.07, 6.45) is 0. The second kappa shape index (κ2) is 9.28. The SMILES string of the molecule is CCN(Cc1ccc(OC)c(OC)c1)C(=O)c1cc(-c2ccc(F)cc2)nc2onc(C)c12. The average molecular weight is 449 g/mol. The Kier molecular flexibility index (Phi) is 6.26. The van der Waals surface area contributed by atoms with Gasteiger partial charge in [0.2, 0.25) is 0 Å². The summed E-state index contributed by atoms with van der Waals surface area (Å²) < 4.78 is 29.5. The molecule has 4 rings (SSSR count). The molecule has 2 heterocycles. The Morgan fingerprint density at radius 1 is 1.06 bits per heavy atom. The van der Waals surface area contributed by atoms with Crippen LogP contribution in [0.4, 0.5) is 4.39 Å². The number of amides is 1. The van der Waals surface area contributed by atoms with Gasteiger partial charge in [-0.05, 0) is 61.9 Å². The summed E-state index contributed by atoms with van der Waals surface area (Å²) >= 11 is 0. The number of hydrogen-bond acceptors (Lipinski definition) is 6. The molecule has 2 aromatic heterocycles. The van der Waals surface area contributed by atoms with Gasteiger partial charge in [0.1, 0.15) is 5.82 Å². The molecule has 33 heavy (non-hydrogen) atoms. The zero-order chi connectivity index (χ0) is 23.5. The molecule has 0 spiro atoms. The number of nitrogens with zero attached hydrogens (tertiary/aromatic N) is 3. The van der Waals surface area contributed by atoms with Crippen LogP contribution in [0.1, 0.15) is 28.5 Å². The van der Waals surface area contributed by atoms with E-state index in [-0.39, 0.29) is 17.4 Å². The number of fused-ring (bicyclic) bond motifs is 1. The topological polar surface area (TPSA) is 77.7 Å². The number of aryl methyl sites for hydroxylation is 1. The van der Waals surface area contributed by atoms with Crippen molar-refractivity contribution in [3.8, 4) is 22.8 Å². The quantitative estimate of drug-likeness (QED) is 0.394. The molecule has 4 aromatic rings. The first kappa shape index (κ1) is 22.3. The molecule has 0 saturated carbocycles. The first-order valence-electron chi connectivity index (χ1n) is 10.5. The van der Waals surface area contributed by atoms with Crippen molar-refractivity contribution in [2.24, 2.45) is 0 Å². The fourth-order valence-corrected chi connectivity index (χ4v) is 3.73. The van der Waals surface area contributed by atoms with E-state index in [0.717, 1.165) is 5.56 Å².